The molecule has 0 aliphatic rings. The first-order chi connectivity index (χ1) is 7.13. The van der Waals surface area contributed by atoms with Crippen LogP contribution in [0.15, 0.2) is 22.7 Å². The van der Waals surface area contributed by atoms with Crippen LogP contribution in [0.3, 0.4) is 0 Å². The Hall–Kier alpha value is -0.500. The van der Waals surface area contributed by atoms with Crippen LogP contribution in [0, 0.1) is 12.8 Å². The van der Waals surface area contributed by atoms with Crippen LogP contribution in [0.25, 0.3) is 0 Å². The summed E-state index contributed by atoms with van der Waals surface area (Å²) >= 11 is 3.51. The fourth-order valence-corrected chi connectivity index (χ4v) is 2.14. The Kier molecular flexibility index (Phi) is 5.16. The summed E-state index contributed by atoms with van der Waals surface area (Å²) < 4.78 is 6.81. The lowest BCUT2D eigenvalue weighted by Crippen LogP contribution is -2.08. The van der Waals surface area contributed by atoms with E-state index in [1.807, 2.05) is 6.07 Å². The van der Waals surface area contributed by atoms with Crippen LogP contribution in [0.5, 0.6) is 5.75 Å². The molecule has 0 radical (unpaired) electrons. The van der Waals surface area contributed by atoms with Crippen molar-refractivity contribution in [1.29, 1.82) is 0 Å². The third kappa shape index (κ3) is 4.25. The maximum atomic E-state index is 5.76. The molecule has 1 aromatic rings. The monoisotopic (exact) mass is 270 g/mol. The summed E-state index contributed by atoms with van der Waals surface area (Å²) in [6, 6.07) is 6.18. The molecule has 0 N–H and O–H groups in total. The molecule has 1 nitrogen and oxygen atoms in total. The molecule has 15 heavy (non-hydrogen) atoms. The molecular weight excluding hydrogens is 252 g/mol. The minimum Gasteiger partial charge on any atom is -0.492 e. The third-order valence-corrected chi connectivity index (χ3v) is 3.01. The summed E-state index contributed by atoms with van der Waals surface area (Å²) in [5, 5.41) is 0. The van der Waals surface area contributed by atoms with Gasteiger partial charge in [0.1, 0.15) is 5.75 Å². The second-order valence-electron chi connectivity index (χ2n) is 4.14. The van der Waals surface area contributed by atoms with E-state index in [0.717, 1.165) is 16.8 Å². The molecule has 0 spiro atoms. The molecule has 0 bridgehead atoms. The maximum absolute atomic E-state index is 5.76. The zero-order valence-corrected chi connectivity index (χ0v) is 11.3. The normalized spacial score (nSPS) is 12.5. The van der Waals surface area contributed by atoms with E-state index in [1.54, 1.807) is 0 Å². The van der Waals surface area contributed by atoms with E-state index in [0.29, 0.717) is 5.92 Å². The third-order valence-electron chi connectivity index (χ3n) is 2.39. The molecule has 1 atom stereocenters. The SMILES string of the molecule is CCCC(C)COc1ccc(C)cc1Br. The van der Waals surface area contributed by atoms with Crippen molar-refractivity contribution in [3.63, 3.8) is 0 Å². The summed E-state index contributed by atoms with van der Waals surface area (Å²) in [6.45, 7) is 7.31. The van der Waals surface area contributed by atoms with Crippen LogP contribution in [0.1, 0.15) is 32.3 Å². The molecule has 84 valence electrons. The molecule has 0 aromatic heterocycles. The van der Waals surface area contributed by atoms with Crippen molar-refractivity contribution in [3.05, 3.63) is 28.2 Å². The Morgan fingerprint density at radius 1 is 1.40 bits per heavy atom. The van der Waals surface area contributed by atoms with Crippen molar-refractivity contribution in [1.82, 2.24) is 0 Å². The lowest BCUT2D eigenvalue weighted by molar-refractivity contribution is 0.250. The minimum atomic E-state index is 0.628. The smallest absolute Gasteiger partial charge is 0.133 e. The fraction of sp³-hybridized carbons (Fsp3) is 0.538. The van der Waals surface area contributed by atoms with E-state index in [-0.39, 0.29) is 0 Å². The van der Waals surface area contributed by atoms with Crippen molar-refractivity contribution in [2.24, 2.45) is 5.92 Å². The van der Waals surface area contributed by atoms with Crippen LogP contribution in [-0.2, 0) is 0 Å². The molecule has 1 aromatic carbocycles. The lowest BCUT2D eigenvalue weighted by atomic mass is 10.1. The molecule has 0 aliphatic heterocycles. The average Bonchev–Trinajstić information content (AvgIpc) is 2.17. The van der Waals surface area contributed by atoms with Gasteiger partial charge >= 0.3 is 0 Å². The predicted molar refractivity (Wildman–Crippen MR) is 68.4 cm³/mol. The maximum Gasteiger partial charge on any atom is 0.133 e. The van der Waals surface area contributed by atoms with E-state index in [1.165, 1.54) is 18.4 Å². The highest BCUT2D eigenvalue weighted by atomic mass is 79.9. The van der Waals surface area contributed by atoms with Gasteiger partial charge in [-0.25, -0.2) is 0 Å². The van der Waals surface area contributed by atoms with Crippen LogP contribution >= 0.6 is 15.9 Å². The Balaban J connectivity index is 2.50. The number of aryl methyl sites for hydroxylation is 1. The van der Waals surface area contributed by atoms with Gasteiger partial charge < -0.3 is 4.74 Å². The first kappa shape index (κ1) is 12.6. The predicted octanol–water partition coefficient (Wildman–Crippen LogP) is 4.57. The summed E-state index contributed by atoms with van der Waals surface area (Å²) in [5.41, 5.74) is 1.25. The summed E-state index contributed by atoms with van der Waals surface area (Å²) in [5.74, 6) is 1.58. The first-order valence-electron chi connectivity index (χ1n) is 5.52. The number of ether oxygens (including phenoxy) is 1. The average molecular weight is 271 g/mol. The van der Waals surface area contributed by atoms with E-state index in [9.17, 15) is 0 Å². The Morgan fingerprint density at radius 2 is 2.13 bits per heavy atom. The highest BCUT2D eigenvalue weighted by molar-refractivity contribution is 9.10. The zero-order chi connectivity index (χ0) is 11.3. The second-order valence-corrected chi connectivity index (χ2v) is 4.99. The first-order valence-corrected chi connectivity index (χ1v) is 6.31. The van der Waals surface area contributed by atoms with Crippen LogP contribution in [0.2, 0.25) is 0 Å². The summed E-state index contributed by atoms with van der Waals surface area (Å²) in [6.07, 6.45) is 2.45. The Bertz CT molecular complexity index is 309. The minimum absolute atomic E-state index is 0.628. The number of rotatable bonds is 5. The number of hydrogen-bond donors (Lipinski definition) is 0. The lowest BCUT2D eigenvalue weighted by Gasteiger charge is -2.13. The van der Waals surface area contributed by atoms with Crippen molar-refractivity contribution in [2.75, 3.05) is 6.61 Å². The molecule has 1 unspecified atom stereocenters. The van der Waals surface area contributed by atoms with Gasteiger partial charge in [0, 0.05) is 0 Å². The molecule has 2 heteroatoms. The Labute approximate surface area is 101 Å². The van der Waals surface area contributed by atoms with E-state index in [2.05, 4.69) is 48.8 Å². The van der Waals surface area contributed by atoms with Gasteiger partial charge in [-0.2, -0.15) is 0 Å². The molecule has 0 aliphatic carbocycles. The molecule has 1 rings (SSSR count). The van der Waals surface area contributed by atoms with E-state index >= 15 is 0 Å². The van der Waals surface area contributed by atoms with Crippen molar-refractivity contribution >= 4 is 15.9 Å². The molecule has 0 saturated heterocycles. The summed E-state index contributed by atoms with van der Waals surface area (Å²) in [4.78, 5) is 0. The second kappa shape index (κ2) is 6.16. The molecular formula is C13H19BrO. The van der Waals surface area contributed by atoms with Gasteiger partial charge in [0.05, 0.1) is 11.1 Å². The quantitative estimate of drug-likeness (QED) is 0.762. The van der Waals surface area contributed by atoms with Crippen LogP contribution in [0.4, 0.5) is 0 Å². The van der Waals surface area contributed by atoms with Crippen LogP contribution in [-0.4, -0.2) is 6.61 Å². The number of halogens is 1. The molecule has 0 fully saturated rings. The largest absolute Gasteiger partial charge is 0.492 e. The standard InChI is InChI=1S/C13H19BrO/c1-4-5-11(3)9-15-13-7-6-10(2)8-12(13)14/h6-8,11H,4-5,9H2,1-3H3. The van der Waals surface area contributed by atoms with E-state index in [4.69, 9.17) is 4.74 Å². The van der Waals surface area contributed by atoms with Gasteiger partial charge in [-0.15, -0.1) is 0 Å². The number of hydrogen-bond acceptors (Lipinski definition) is 1. The fourth-order valence-electron chi connectivity index (χ4n) is 1.53. The molecule has 0 heterocycles. The van der Waals surface area contributed by atoms with Gasteiger partial charge in [0.25, 0.3) is 0 Å². The number of benzene rings is 1. The van der Waals surface area contributed by atoms with Crippen molar-refractivity contribution < 1.29 is 4.74 Å². The topological polar surface area (TPSA) is 9.23 Å². The van der Waals surface area contributed by atoms with Gasteiger partial charge in [0.15, 0.2) is 0 Å². The van der Waals surface area contributed by atoms with Gasteiger partial charge in [-0.1, -0.05) is 26.3 Å². The van der Waals surface area contributed by atoms with Gasteiger partial charge in [-0.3, -0.25) is 0 Å². The molecule has 0 saturated carbocycles. The van der Waals surface area contributed by atoms with Crippen molar-refractivity contribution in [2.45, 2.75) is 33.6 Å². The van der Waals surface area contributed by atoms with E-state index < -0.39 is 0 Å². The zero-order valence-electron chi connectivity index (χ0n) is 9.72. The van der Waals surface area contributed by atoms with Crippen molar-refractivity contribution in [3.8, 4) is 5.75 Å². The molecule has 0 amide bonds. The summed E-state index contributed by atoms with van der Waals surface area (Å²) in [7, 11) is 0. The highest BCUT2D eigenvalue weighted by Gasteiger charge is 2.04. The van der Waals surface area contributed by atoms with Gasteiger partial charge in [-0.05, 0) is 52.9 Å². The Morgan fingerprint density at radius 3 is 2.73 bits per heavy atom. The van der Waals surface area contributed by atoms with Crippen LogP contribution < -0.4 is 4.74 Å². The van der Waals surface area contributed by atoms with Gasteiger partial charge in [0.2, 0.25) is 0 Å². The highest BCUT2D eigenvalue weighted by Crippen LogP contribution is 2.26.